The molecule has 0 radical (unpaired) electrons. The number of pyridine rings is 1. The van der Waals surface area contributed by atoms with Gasteiger partial charge in [-0.15, -0.1) is 0 Å². The number of carbonyl (C=O) groups is 1. The van der Waals surface area contributed by atoms with E-state index in [2.05, 4.69) is 20.3 Å². The molecule has 3 aromatic rings. The quantitative estimate of drug-likeness (QED) is 0.767. The minimum Gasteiger partial charge on any atom is -0.348 e. The first kappa shape index (κ1) is 15.5. The first-order chi connectivity index (χ1) is 11.6. The molecule has 0 aliphatic carbocycles. The molecule has 0 saturated heterocycles. The average molecular weight is 324 g/mol. The molecule has 0 aliphatic heterocycles. The van der Waals surface area contributed by atoms with Crippen LogP contribution >= 0.6 is 0 Å². The first-order valence-corrected chi connectivity index (χ1v) is 7.17. The summed E-state index contributed by atoms with van der Waals surface area (Å²) >= 11 is 0. The maximum absolute atomic E-state index is 12.8. The van der Waals surface area contributed by atoms with Crippen molar-refractivity contribution in [3.8, 4) is 11.5 Å². The number of nitrogens with zero attached hydrogens (tertiary/aromatic N) is 2. The molecule has 0 aliphatic rings. The Morgan fingerprint density at radius 3 is 2.58 bits per heavy atom. The van der Waals surface area contributed by atoms with Gasteiger partial charge in [0.25, 0.3) is 11.5 Å². The maximum atomic E-state index is 12.8. The van der Waals surface area contributed by atoms with Crippen molar-refractivity contribution >= 4 is 5.91 Å². The number of aromatic amines is 1. The molecule has 3 rings (SSSR count). The fraction of sp³-hybridized carbons (Fsp3) is 0.0588. The molecule has 2 N–H and O–H groups in total. The molecular weight excluding hydrogens is 311 g/mol. The van der Waals surface area contributed by atoms with Gasteiger partial charge in [-0.3, -0.25) is 14.6 Å². The van der Waals surface area contributed by atoms with Gasteiger partial charge in [-0.05, 0) is 29.8 Å². The lowest BCUT2D eigenvalue weighted by molar-refractivity contribution is 0.0949. The van der Waals surface area contributed by atoms with Crippen LogP contribution in [0.3, 0.4) is 0 Å². The number of aromatic nitrogens is 3. The van der Waals surface area contributed by atoms with E-state index in [9.17, 15) is 14.0 Å². The van der Waals surface area contributed by atoms with E-state index in [-0.39, 0.29) is 23.7 Å². The monoisotopic (exact) mass is 324 g/mol. The fourth-order valence-corrected chi connectivity index (χ4v) is 2.07. The summed E-state index contributed by atoms with van der Waals surface area (Å²) in [5.74, 6) is -0.618. The van der Waals surface area contributed by atoms with Crippen LogP contribution in [0.2, 0.25) is 0 Å². The highest BCUT2D eigenvalue weighted by Gasteiger charge is 2.12. The third-order valence-corrected chi connectivity index (χ3v) is 3.32. The summed E-state index contributed by atoms with van der Waals surface area (Å²) in [6.45, 7) is 0.181. The number of H-pyrrole nitrogens is 1. The number of carbonyl (C=O) groups excluding carboxylic acids is 1. The number of rotatable bonds is 4. The molecule has 0 unspecified atom stereocenters. The van der Waals surface area contributed by atoms with Gasteiger partial charge in [0.05, 0.1) is 0 Å². The van der Waals surface area contributed by atoms with E-state index >= 15 is 0 Å². The van der Waals surface area contributed by atoms with Crippen LogP contribution in [0, 0.1) is 5.82 Å². The summed E-state index contributed by atoms with van der Waals surface area (Å²) in [4.78, 5) is 34.9. The molecular formula is C17H13FN4O2. The van der Waals surface area contributed by atoms with Gasteiger partial charge in [0.1, 0.15) is 17.1 Å². The second-order valence-corrected chi connectivity index (χ2v) is 5.00. The molecule has 24 heavy (non-hydrogen) atoms. The lowest BCUT2D eigenvalue weighted by atomic mass is 10.2. The Morgan fingerprint density at radius 1 is 1.12 bits per heavy atom. The number of nitrogens with one attached hydrogen (secondary N) is 2. The van der Waals surface area contributed by atoms with Crippen LogP contribution in [0.15, 0.2) is 59.7 Å². The molecule has 2 heterocycles. The second-order valence-electron chi connectivity index (χ2n) is 5.00. The average Bonchev–Trinajstić information content (AvgIpc) is 2.61. The van der Waals surface area contributed by atoms with E-state index in [1.807, 2.05) is 0 Å². The Balaban J connectivity index is 1.73. The van der Waals surface area contributed by atoms with Gasteiger partial charge < -0.3 is 10.3 Å². The molecule has 7 heteroatoms. The van der Waals surface area contributed by atoms with E-state index < -0.39 is 11.5 Å². The first-order valence-electron chi connectivity index (χ1n) is 7.17. The van der Waals surface area contributed by atoms with Crippen LogP contribution in [0.1, 0.15) is 15.9 Å². The largest absolute Gasteiger partial charge is 0.348 e. The summed E-state index contributed by atoms with van der Waals surface area (Å²) in [6.07, 6.45) is 2.79. The summed E-state index contributed by atoms with van der Waals surface area (Å²) in [5, 5.41) is 2.60. The van der Waals surface area contributed by atoms with Crippen LogP contribution in [0.25, 0.3) is 11.5 Å². The minimum atomic E-state index is -0.555. The molecule has 0 fully saturated rings. The molecule has 1 aromatic carbocycles. The van der Waals surface area contributed by atoms with E-state index in [0.717, 1.165) is 5.56 Å². The van der Waals surface area contributed by atoms with Crippen molar-refractivity contribution in [3.63, 3.8) is 0 Å². The number of hydrogen-bond donors (Lipinski definition) is 2. The molecule has 0 bridgehead atoms. The van der Waals surface area contributed by atoms with E-state index in [0.29, 0.717) is 5.69 Å². The fourth-order valence-electron chi connectivity index (χ4n) is 2.07. The zero-order valence-corrected chi connectivity index (χ0v) is 12.5. The van der Waals surface area contributed by atoms with E-state index in [1.165, 1.54) is 18.3 Å². The van der Waals surface area contributed by atoms with Crippen molar-refractivity contribution < 1.29 is 9.18 Å². The van der Waals surface area contributed by atoms with Crippen molar-refractivity contribution in [1.82, 2.24) is 20.3 Å². The maximum Gasteiger partial charge on any atom is 0.264 e. The van der Waals surface area contributed by atoms with Crippen molar-refractivity contribution in [3.05, 3.63) is 82.2 Å². The van der Waals surface area contributed by atoms with Gasteiger partial charge in [0, 0.05) is 18.9 Å². The van der Waals surface area contributed by atoms with Crippen molar-refractivity contribution in [2.45, 2.75) is 6.54 Å². The third kappa shape index (κ3) is 3.52. The third-order valence-electron chi connectivity index (χ3n) is 3.32. The van der Waals surface area contributed by atoms with Gasteiger partial charge in [-0.25, -0.2) is 9.37 Å². The van der Waals surface area contributed by atoms with Crippen LogP contribution in [-0.4, -0.2) is 20.9 Å². The SMILES string of the molecule is O=C(NCc1ccc(F)cc1)c1cnc(-c2ccccn2)[nH]c1=O. The predicted octanol–water partition coefficient (Wildman–Crippen LogP) is 1.90. The van der Waals surface area contributed by atoms with Crippen molar-refractivity contribution in [1.29, 1.82) is 0 Å². The predicted molar refractivity (Wildman–Crippen MR) is 85.7 cm³/mol. The van der Waals surface area contributed by atoms with Gasteiger partial charge in [-0.1, -0.05) is 18.2 Å². The minimum absolute atomic E-state index is 0.100. The Morgan fingerprint density at radius 2 is 1.92 bits per heavy atom. The summed E-state index contributed by atoms with van der Waals surface area (Å²) < 4.78 is 12.8. The molecule has 2 aromatic heterocycles. The highest BCUT2D eigenvalue weighted by Crippen LogP contribution is 2.08. The van der Waals surface area contributed by atoms with E-state index in [4.69, 9.17) is 0 Å². The molecule has 6 nitrogen and oxygen atoms in total. The van der Waals surface area contributed by atoms with Crippen molar-refractivity contribution in [2.75, 3.05) is 0 Å². The normalized spacial score (nSPS) is 10.4. The van der Waals surface area contributed by atoms with Crippen LogP contribution in [0.5, 0.6) is 0 Å². The smallest absolute Gasteiger partial charge is 0.264 e. The Bertz CT molecular complexity index is 908. The second kappa shape index (κ2) is 6.82. The molecule has 0 spiro atoms. The van der Waals surface area contributed by atoms with Gasteiger partial charge >= 0.3 is 0 Å². The summed E-state index contributed by atoms with van der Waals surface area (Å²) in [5.41, 5.74) is 0.575. The molecule has 0 atom stereocenters. The zero-order valence-electron chi connectivity index (χ0n) is 12.5. The Labute approximate surface area is 136 Å². The Kier molecular flexibility index (Phi) is 4.42. The number of hydrogen-bond acceptors (Lipinski definition) is 4. The summed E-state index contributed by atoms with van der Waals surface area (Å²) in [7, 11) is 0. The lowest BCUT2D eigenvalue weighted by Crippen LogP contribution is -2.29. The number of halogens is 1. The zero-order chi connectivity index (χ0) is 16.9. The highest BCUT2D eigenvalue weighted by molar-refractivity contribution is 5.93. The van der Waals surface area contributed by atoms with Crippen molar-refractivity contribution in [2.24, 2.45) is 0 Å². The van der Waals surface area contributed by atoms with Gasteiger partial charge in [-0.2, -0.15) is 0 Å². The van der Waals surface area contributed by atoms with Crippen LogP contribution in [0.4, 0.5) is 4.39 Å². The highest BCUT2D eigenvalue weighted by atomic mass is 19.1. The van der Waals surface area contributed by atoms with Crippen LogP contribution in [-0.2, 0) is 6.54 Å². The molecule has 120 valence electrons. The topological polar surface area (TPSA) is 87.7 Å². The summed E-state index contributed by atoms with van der Waals surface area (Å²) in [6, 6.07) is 10.9. The number of benzene rings is 1. The number of amides is 1. The molecule has 0 saturated carbocycles. The Hall–Kier alpha value is -3.35. The molecule has 1 amide bonds. The standard InChI is InChI=1S/C17H13FN4O2/c18-12-6-4-11(5-7-12)9-21-16(23)13-10-20-15(22-17(13)24)14-3-1-2-8-19-14/h1-8,10H,9H2,(H,21,23)(H,20,22,24). The van der Waals surface area contributed by atoms with Gasteiger partial charge in [0.15, 0.2) is 5.82 Å². The van der Waals surface area contributed by atoms with Gasteiger partial charge in [0.2, 0.25) is 0 Å². The van der Waals surface area contributed by atoms with E-state index in [1.54, 1.807) is 36.5 Å². The lowest BCUT2D eigenvalue weighted by Gasteiger charge is -2.05. The van der Waals surface area contributed by atoms with Crippen LogP contribution < -0.4 is 10.9 Å².